The molecule has 0 aliphatic heterocycles. The number of aliphatic imine (C=N–C) groups is 1. The van der Waals surface area contributed by atoms with E-state index in [2.05, 4.69) is 20.6 Å². The van der Waals surface area contributed by atoms with Crippen LogP contribution in [0.5, 0.6) is 5.75 Å². The van der Waals surface area contributed by atoms with Crippen LogP contribution in [0, 0.1) is 13.8 Å². The maximum atomic E-state index is 12.4. The highest BCUT2D eigenvalue weighted by Crippen LogP contribution is 2.23. The van der Waals surface area contributed by atoms with Gasteiger partial charge < -0.3 is 15.4 Å². The third kappa shape index (κ3) is 8.63. The highest BCUT2D eigenvalue weighted by atomic mass is 127. The van der Waals surface area contributed by atoms with Crippen molar-refractivity contribution in [1.82, 2.24) is 15.6 Å². The molecule has 10 heteroatoms. The van der Waals surface area contributed by atoms with Crippen molar-refractivity contribution in [3.05, 3.63) is 45.4 Å². The maximum absolute atomic E-state index is 12.4. The number of aryl methyl sites for hydroxylation is 2. The molecule has 5 nitrogen and oxygen atoms in total. The fourth-order valence-corrected chi connectivity index (χ4v) is 2.98. The summed E-state index contributed by atoms with van der Waals surface area (Å²) in [6.07, 6.45) is -3.62. The number of benzene rings is 1. The molecule has 1 heterocycles. The van der Waals surface area contributed by atoms with Gasteiger partial charge in [0, 0.05) is 37.5 Å². The summed E-state index contributed by atoms with van der Waals surface area (Å²) >= 11 is 1.61. The van der Waals surface area contributed by atoms with E-state index in [9.17, 15) is 13.2 Å². The van der Waals surface area contributed by atoms with Crippen LogP contribution in [0.1, 0.15) is 21.8 Å². The largest absolute Gasteiger partial charge is 0.484 e. The molecule has 0 spiro atoms. The van der Waals surface area contributed by atoms with Gasteiger partial charge in [-0.3, -0.25) is 4.99 Å². The van der Waals surface area contributed by atoms with Crippen molar-refractivity contribution in [2.45, 2.75) is 33.0 Å². The molecule has 28 heavy (non-hydrogen) atoms. The minimum Gasteiger partial charge on any atom is -0.484 e. The molecule has 0 atom stereocenters. The third-order valence-corrected chi connectivity index (χ3v) is 4.45. The maximum Gasteiger partial charge on any atom is 0.422 e. The number of hydrogen-bond acceptors (Lipinski definition) is 4. The number of aromatic nitrogens is 1. The molecular formula is C18H24F3IN4OS. The Morgan fingerprint density at radius 3 is 2.61 bits per heavy atom. The number of alkyl halides is 3. The number of halogens is 4. The van der Waals surface area contributed by atoms with Crippen LogP contribution in [0.2, 0.25) is 0 Å². The highest BCUT2D eigenvalue weighted by Gasteiger charge is 2.28. The van der Waals surface area contributed by atoms with Gasteiger partial charge in [-0.05, 0) is 25.5 Å². The number of nitrogens with zero attached hydrogens (tertiary/aromatic N) is 2. The van der Waals surface area contributed by atoms with Gasteiger partial charge in [-0.1, -0.05) is 12.1 Å². The summed E-state index contributed by atoms with van der Waals surface area (Å²) in [5.74, 6) is 0.775. The van der Waals surface area contributed by atoms with Crippen LogP contribution in [-0.4, -0.2) is 37.3 Å². The molecular weight excluding hydrogens is 504 g/mol. The summed E-state index contributed by atoms with van der Waals surface area (Å²) in [7, 11) is 1.64. The van der Waals surface area contributed by atoms with E-state index in [-0.39, 0.29) is 29.7 Å². The minimum absolute atomic E-state index is 0. The van der Waals surface area contributed by atoms with Crippen molar-refractivity contribution in [2.75, 3.05) is 20.2 Å². The Morgan fingerprint density at radius 1 is 1.25 bits per heavy atom. The molecule has 0 radical (unpaired) electrons. The lowest BCUT2D eigenvalue weighted by Crippen LogP contribution is -2.38. The van der Waals surface area contributed by atoms with Crippen molar-refractivity contribution in [1.29, 1.82) is 0 Å². The first-order valence-electron chi connectivity index (χ1n) is 8.41. The predicted molar refractivity (Wildman–Crippen MR) is 117 cm³/mol. The molecule has 0 amide bonds. The number of nitrogens with one attached hydrogen (secondary N) is 2. The van der Waals surface area contributed by atoms with Gasteiger partial charge in [0.2, 0.25) is 0 Å². The van der Waals surface area contributed by atoms with Crippen LogP contribution in [-0.2, 0) is 13.0 Å². The SMILES string of the molecule is CN=C(NCCc1csc(C)n1)NCc1ccc(C)cc1OCC(F)(F)F.I. The van der Waals surface area contributed by atoms with E-state index in [1.54, 1.807) is 37.4 Å². The monoisotopic (exact) mass is 528 g/mol. The second-order valence-corrected chi connectivity index (χ2v) is 7.04. The molecule has 0 fully saturated rings. The van der Waals surface area contributed by atoms with Gasteiger partial charge in [0.15, 0.2) is 12.6 Å². The lowest BCUT2D eigenvalue weighted by Gasteiger charge is -2.16. The second-order valence-electron chi connectivity index (χ2n) is 5.98. The number of rotatable bonds is 7. The highest BCUT2D eigenvalue weighted by molar-refractivity contribution is 14.0. The van der Waals surface area contributed by atoms with Gasteiger partial charge in [0.05, 0.1) is 10.7 Å². The lowest BCUT2D eigenvalue weighted by molar-refractivity contribution is -0.153. The minimum atomic E-state index is -4.37. The predicted octanol–water partition coefficient (Wildman–Crippen LogP) is 4.23. The average Bonchev–Trinajstić information content (AvgIpc) is 3.01. The van der Waals surface area contributed by atoms with Gasteiger partial charge in [0.25, 0.3) is 0 Å². The molecule has 2 rings (SSSR count). The summed E-state index contributed by atoms with van der Waals surface area (Å²) < 4.78 is 42.3. The molecule has 156 valence electrons. The second kappa shape index (κ2) is 11.4. The van der Waals surface area contributed by atoms with Crippen molar-refractivity contribution >= 4 is 41.3 Å². The van der Waals surface area contributed by atoms with Crippen LogP contribution in [0.3, 0.4) is 0 Å². The number of hydrogen-bond donors (Lipinski definition) is 2. The fourth-order valence-electron chi connectivity index (χ4n) is 2.33. The molecule has 0 aliphatic rings. The molecule has 2 aromatic rings. The molecule has 0 saturated carbocycles. The van der Waals surface area contributed by atoms with Gasteiger partial charge in [-0.15, -0.1) is 35.3 Å². The van der Waals surface area contributed by atoms with E-state index in [1.807, 2.05) is 18.4 Å². The van der Waals surface area contributed by atoms with E-state index in [0.29, 0.717) is 24.6 Å². The van der Waals surface area contributed by atoms with Crippen LogP contribution >= 0.6 is 35.3 Å². The zero-order valence-corrected chi connectivity index (χ0v) is 19.0. The zero-order chi connectivity index (χ0) is 19.9. The quantitative estimate of drug-likeness (QED) is 0.321. The topological polar surface area (TPSA) is 58.5 Å². The van der Waals surface area contributed by atoms with E-state index < -0.39 is 12.8 Å². The van der Waals surface area contributed by atoms with Gasteiger partial charge in [-0.25, -0.2) is 4.98 Å². The molecule has 2 N–H and O–H groups in total. The summed E-state index contributed by atoms with van der Waals surface area (Å²) in [4.78, 5) is 8.52. The molecule has 0 bridgehead atoms. The smallest absolute Gasteiger partial charge is 0.422 e. The summed E-state index contributed by atoms with van der Waals surface area (Å²) in [5, 5.41) is 9.31. The summed E-state index contributed by atoms with van der Waals surface area (Å²) in [5.41, 5.74) is 2.47. The molecule has 1 aromatic carbocycles. The average molecular weight is 528 g/mol. The van der Waals surface area contributed by atoms with Gasteiger partial charge in [0.1, 0.15) is 5.75 Å². The summed E-state index contributed by atoms with van der Waals surface area (Å²) in [6, 6.07) is 5.18. The first kappa shape index (κ1) is 24.5. The van der Waals surface area contributed by atoms with Crippen LogP contribution in [0.25, 0.3) is 0 Å². The van der Waals surface area contributed by atoms with E-state index in [0.717, 1.165) is 22.7 Å². The van der Waals surface area contributed by atoms with E-state index in [1.165, 1.54) is 0 Å². The van der Waals surface area contributed by atoms with E-state index in [4.69, 9.17) is 4.74 Å². The molecule has 0 aliphatic carbocycles. The van der Waals surface area contributed by atoms with Crippen molar-refractivity contribution < 1.29 is 17.9 Å². The number of thiazole rings is 1. The fraction of sp³-hybridized carbons (Fsp3) is 0.444. The number of ether oxygens (including phenoxy) is 1. The van der Waals surface area contributed by atoms with Gasteiger partial charge >= 0.3 is 6.18 Å². The Hall–Kier alpha value is -1.56. The van der Waals surface area contributed by atoms with E-state index >= 15 is 0 Å². The Bertz CT molecular complexity index is 780. The first-order valence-corrected chi connectivity index (χ1v) is 9.29. The van der Waals surface area contributed by atoms with Gasteiger partial charge in [-0.2, -0.15) is 13.2 Å². The van der Waals surface area contributed by atoms with Crippen molar-refractivity contribution in [3.63, 3.8) is 0 Å². The van der Waals surface area contributed by atoms with Crippen LogP contribution in [0.4, 0.5) is 13.2 Å². The van der Waals surface area contributed by atoms with Crippen LogP contribution < -0.4 is 15.4 Å². The molecule has 0 saturated heterocycles. The Labute approximate surface area is 183 Å². The lowest BCUT2D eigenvalue weighted by atomic mass is 10.1. The standard InChI is InChI=1S/C18H23F3N4OS.HI/c1-12-4-5-14(16(8-12)26-11-18(19,20)21)9-24-17(22-3)23-7-6-15-10-27-13(2)25-15;/h4-5,8,10H,6-7,9,11H2,1-3H3,(H2,22,23,24);1H. The number of guanidine groups is 1. The zero-order valence-electron chi connectivity index (χ0n) is 15.9. The third-order valence-electron chi connectivity index (χ3n) is 3.62. The Kier molecular flexibility index (Phi) is 10.0. The normalized spacial score (nSPS) is 11.7. The molecule has 1 aromatic heterocycles. The van der Waals surface area contributed by atoms with Crippen LogP contribution in [0.15, 0.2) is 28.6 Å². The first-order chi connectivity index (χ1) is 12.8. The Morgan fingerprint density at radius 2 is 2.00 bits per heavy atom. The summed E-state index contributed by atoms with van der Waals surface area (Å²) in [6.45, 7) is 3.39. The Balaban J connectivity index is 0.00000392. The van der Waals surface area contributed by atoms with Crippen molar-refractivity contribution in [3.8, 4) is 5.75 Å². The van der Waals surface area contributed by atoms with Crippen molar-refractivity contribution in [2.24, 2.45) is 4.99 Å². The molecule has 0 unspecified atom stereocenters.